The van der Waals surface area contributed by atoms with Crippen LogP contribution in [0, 0.1) is 0 Å². The summed E-state index contributed by atoms with van der Waals surface area (Å²) in [6.07, 6.45) is 1.46. The predicted octanol–water partition coefficient (Wildman–Crippen LogP) is 3.89. The van der Waals surface area contributed by atoms with Gasteiger partial charge >= 0.3 is 0 Å². The van der Waals surface area contributed by atoms with Crippen LogP contribution in [0.5, 0.6) is 17.4 Å². The van der Waals surface area contributed by atoms with Crippen molar-refractivity contribution >= 4 is 23.2 Å². The first-order valence-corrected chi connectivity index (χ1v) is 5.18. The van der Waals surface area contributed by atoms with Crippen LogP contribution in [-0.4, -0.2) is 10.1 Å². The molecule has 0 fully saturated rings. The van der Waals surface area contributed by atoms with Crippen molar-refractivity contribution in [1.82, 2.24) is 4.98 Å². The van der Waals surface area contributed by atoms with E-state index in [4.69, 9.17) is 27.9 Å². The van der Waals surface area contributed by atoms with Crippen LogP contribution in [0.15, 0.2) is 36.5 Å². The highest BCUT2D eigenvalue weighted by Gasteiger charge is 2.05. The summed E-state index contributed by atoms with van der Waals surface area (Å²) in [5, 5.41) is 10.5. The summed E-state index contributed by atoms with van der Waals surface area (Å²) in [7, 11) is 0. The van der Waals surface area contributed by atoms with Crippen LogP contribution in [-0.2, 0) is 0 Å². The Morgan fingerprint density at radius 3 is 2.50 bits per heavy atom. The normalized spacial score (nSPS) is 10.1. The Kier molecular flexibility index (Phi) is 3.17. The highest BCUT2D eigenvalue weighted by atomic mass is 35.5. The standard InChI is InChI=1S/C11H7Cl2NO2/c12-7-1-3-9(15)10(5-7)16-11-4-2-8(13)6-14-11/h1-6,15H. The first-order valence-electron chi connectivity index (χ1n) is 4.43. The molecule has 1 heterocycles. The van der Waals surface area contributed by atoms with E-state index in [9.17, 15) is 5.11 Å². The van der Waals surface area contributed by atoms with Gasteiger partial charge in [-0.1, -0.05) is 23.2 Å². The van der Waals surface area contributed by atoms with Crippen molar-refractivity contribution in [3.63, 3.8) is 0 Å². The number of aromatic hydroxyl groups is 1. The Balaban J connectivity index is 2.26. The lowest BCUT2D eigenvalue weighted by molar-refractivity contribution is 0.403. The van der Waals surface area contributed by atoms with Crippen LogP contribution in [0.2, 0.25) is 10.0 Å². The van der Waals surface area contributed by atoms with E-state index in [1.54, 1.807) is 18.2 Å². The summed E-state index contributed by atoms with van der Waals surface area (Å²) in [4.78, 5) is 3.94. The van der Waals surface area contributed by atoms with Gasteiger partial charge in [0.2, 0.25) is 5.88 Å². The van der Waals surface area contributed by atoms with Gasteiger partial charge in [-0.25, -0.2) is 4.98 Å². The Labute approximate surface area is 102 Å². The molecule has 0 amide bonds. The Morgan fingerprint density at radius 1 is 1.06 bits per heavy atom. The van der Waals surface area contributed by atoms with E-state index in [0.717, 1.165) is 0 Å². The van der Waals surface area contributed by atoms with Crippen LogP contribution >= 0.6 is 23.2 Å². The van der Waals surface area contributed by atoms with Gasteiger partial charge in [0.05, 0.1) is 5.02 Å². The average molecular weight is 256 g/mol. The minimum absolute atomic E-state index is 0.00106. The molecule has 82 valence electrons. The summed E-state index contributed by atoms with van der Waals surface area (Å²) >= 11 is 11.5. The van der Waals surface area contributed by atoms with E-state index in [0.29, 0.717) is 15.9 Å². The molecule has 2 aromatic rings. The van der Waals surface area contributed by atoms with E-state index >= 15 is 0 Å². The third-order valence-electron chi connectivity index (χ3n) is 1.84. The molecule has 0 aliphatic heterocycles. The molecule has 0 unspecified atom stereocenters. The van der Waals surface area contributed by atoms with Crippen LogP contribution in [0.3, 0.4) is 0 Å². The summed E-state index contributed by atoms with van der Waals surface area (Å²) < 4.78 is 5.34. The molecule has 0 bridgehead atoms. The van der Waals surface area contributed by atoms with Gasteiger partial charge in [0.1, 0.15) is 0 Å². The number of benzene rings is 1. The fourth-order valence-electron chi connectivity index (χ4n) is 1.10. The molecule has 0 saturated carbocycles. The minimum atomic E-state index is 0.00106. The van der Waals surface area contributed by atoms with Gasteiger partial charge < -0.3 is 9.84 Å². The second kappa shape index (κ2) is 4.60. The van der Waals surface area contributed by atoms with Gasteiger partial charge in [0.25, 0.3) is 0 Å². The minimum Gasteiger partial charge on any atom is -0.504 e. The molecule has 0 spiro atoms. The van der Waals surface area contributed by atoms with Crippen LogP contribution in [0.25, 0.3) is 0 Å². The average Bonchev–Trinajstić information content (AvgIpc) is 2.27. The van der Waals surface area contributed by atoms with Gasteiger partial charge in [-0.2, -0.15) is 0 Å². The molecule has 16 heavy (non-hydrogen) atoms. The zero-order chi connectivity index (χ0) is 11.5. The number of hydrogen-bond acceptors (Lipinski definition) is 3. The topological polar surface area (TPSA) is 42.4 Å². The molecule has 0 aliphatic rings. The van der Waals surface area contributed by atoms with Crippen LogP contribution in [0.1, 0.15) is 0 Å². The van der Waals surface area contributed by atoms with Crippen molar-refractivity contribution in [2.45, 2.75) is 0 Å². The fraction of sp³-hybridized carbons (Fsp3) is 0. The van der Waals surface area contributed by atoms with Crippen molar-refractivity contribution in [3.8, 4) is 17.4 Å². The number of hydrogen-bond donors (Lipinski definition) is 1. The zero-order valence-corrected chi connectivity index (χ0v) is 9.53. The van der Waals surface area contributed by atoms with Crippen molar-refractivity contribution < 1.29 is 9.84 Å². The van der Waals surface area contributed by atoms with Crippen molar-refractivity contribution in [3.05, 3.63) is 46.6 Å². The number of aromatic nitrogens is 1. The number of phenols is 1. The maximum Gasteiger partial charge on any atom is 0.219 e. The van der Waals surface area contributed by atoms with Crippen molar-refractivity contribution in [2.24, 2.45) is 0 Å². The van der Waals surface area contributed by atoms with E-state index in [1.165, 1.54) is 18.3 Å². The van der Waals surface area contributed by atoms with Gasteiger partial charge in [0.15, 0.2) is 11.5 Å². The van der Waals surface area contributed by atoms with E-state index in [1.807, 2.05) is 0 Å². The molecule has 0 radical (unpaired) electrons. The van der Waals surface area contributed by atoms with E-state index in [2.05, 4.69) is 4.98 Å². The van der Waals surface area contributed by atoms with Gasteiger partial charge in [-0.05, 0) is 18.2 Å². The molecule has 0 atom stereocenters. The fourth-order valence-corrected chi connectivity index (χ4v) is 1.38. The number of ether oxygens (including phenoxy) is 1. The molecule has 1 aromatic heterocycles. The lowest BCUT2D eigenvalue weighted by Crippen LogP contribution is -1.87. The second-order valence-electron chi connectivity index (χ2n) is 3.03. The summed E-state index contributed by atoms with van der Waals surface area (Å²) in [5.74, 6) is 0.588. The number of nitrogens with zero attached hydrogens (tertiary/aromatic N) is 1. The SMILES string of the molecule is Oc1ccc(Cl)cc1Oc1ccc(Cl)cn1. The Hall–Kier alpha value is -1.45. The largest absolute Gasteiger partial charge is 0.504 e. The molecule has 3 nitrogen and oxygen atoms in total. The molecule has 1 N–H and O–H groups in total. The Bertz CT molecular complexity index is 500. The molecular weight excluding hydrogens is 249 g/mol. The van der Waals surface area contributed by atoms with Gasteiger partial charge in [-0.3, -0.25) is 0 Å². The van der Waals surface area contributed by atoms with Gasteiger partial charge in [0, 0.05) is 23.4 Å². The van der Waals surface area contributed by atoms with Crippen LogP contribution < -0.4 is 4.74 Å². The molecule has 0 aliphatic carbocycles. The van der Waals surface area contributed by atoms with Crippen LogP contribution in [0.4, 0.5) is 0 Å². The lowest BCUT2D eigenvalue weighted by Gasteiger charge is -2.06. The quantitative estimate of drug-likeness (QED) is 0.886. The number of phenolic OH excluding ortho intramolecular Hbond substituents is 1. The molecule has 5 heteroatoms. The number of rotatable bonds is 2. The molecule has 2 rings (SSSR count). The number of pyridine rings is 1. The maximum atomic E-state index is 9.51. The first-order chi connectivity index (χ1) is 7.65. The summed E-state index contributed by atoms with van der Waals surface area (Å²) in [6.45, 7) is 0. The summed E-state index contributed by atoms with van der Waals surface area (Å²) in [6, 6.07) is 7.77. The maximum absolute atomic E-state index is 9.51. The molecule has 0 saturated heterocycles. The first kappa shape index (κ1) is 11.0. The predicted molar refractivity (Wildman–Crippen MR) is 62.4 cm³/mol. The smallest absolute Gasteiger partial charge is 0.219 e. The summed E-state index contributed by atoms with van der Waals surface area (Å²) in [5.41, 5.74) is 0. The highest BCUT2D eigenvalue weighted by Crippen LogP contribution is 2.32. The molecular formula is C11H7Cl2NO2. The third kappa shape index (κ3) is 2.56. The zero-order valence-electron chi connectivity index (χ0n) is 8.02. The number of halogens is 2. The van der Waals surface area contributed by atoms with Crippen molar-refractivity contribution in [2.75, 3.05) is 0 Å². The molecule has 1 aromatic carbocycles. The highest BCUT2D eigenvalue weighted by molar-refractivity contribution is 6.30. The monoisotopic (exact) mass is 255 g/mol. The third-order valence-corrected chi connectivity index (χ3v) is 2.30. The van der Waals surface area contributed by atoms with Gasteiger partial charge in [-0.15, -0.1) is 0 Å². The van der Waals surface area contributed by atoms with Crippen molar-refractivity contribution in [1.29, 1.82) is 0 Å². The van der Waals surface area contributed by atoms with E-state index < -0.39 is 0 Å². The lowest BCUT2D eigenvalue weighted by atomic mass is 10.3. The van der Waals surface area contributed by atoms with E-state index in [-0.39, 0.29) is 11.5 Å². The second-order valence-corrected chi connectivity index (χ2v) is 3.90. The Morgan fingerprint density at radius 2 is 1.81 bits per heavy atom.